The molecule has 0 bridgehead atoms. The van der Waals surface area contributed by atoms with Gasteiger partial charge in [0.1, 0.15) is 5.75 Å². The van der Waals surface area contributed by atoms with Crippen molar-refractivity contribution in [2.24, 2.45) is 0 Å². The highest BCUT2D eigenvalue weighted by molar-refractivity contribution is 6.32. The Hall–Kier alpha value is -2.00. The van der Waals surface area contributed by atoms with E-state index in [0.29, 0.717) is 39.8 Å². The minimum atomic E-state index is -0.167. The van der Waals surface area contributed by atoms with E-state index in [-0.39, 0.29) is 5.78 Å². The number of nitrogens with two attached hydrogens (primary N) is 1. The highest BCUT2D eigenvalue weighted by Crippen LogP contribution is 2.34. The zero-order valence-corrected chi connectivity index (χ0v) is 13.1. The van der Waals surface area contributed by atoms with E-state index in [4.69, 9.17) is 22.1 Å². The van der Waals surface area contributed by atoms with Crippen LogP contribution in [-0.2, 0) is 0 Å². The molecule has 0 unspecified atom stereocenters. The summed E-state index contributed by atoms with van der Waals surface area (Å²) >= 11 is 6.22. The Labute approximate surface area is 129 Å². The Morgan fingerprint density at radius 3 is 2.57 bits per heavy atom. The third kappa shape index (κ3) is 2.88. The first-order chi connectivity index (χ1) is 9.97. The first kappa shape index (κ1) is 15.4. The van der Waals surface area contributed by atoms with E-state index in [9.17, 15) is 4.79 Å². The topological polar surface area (TPSA) is 52.3 Å². The van der Waals surface area contributed by atoms with Gasteiger partial charge in [-0.05, 0) is 50.1 Å². The number of hydrogen-bond donors (Lipinski definition) is 1. The summed E-state index contributed by atoms with van der Waals surface area (Å²) in [5.74, 6) is 0.410. The van der Waals surface area contributed by atoms with Gasteiger partial charge in [0.25, 0.3) is 0 Å². The number of rotatable bonds is 4. The van der Waals surface area contributed by atoms with Crippen molar-refractivity contribution in [3.63, 3.8) is 0 Å². The molecule has 0 aliphatic heterocycles. The molecular weight excluding hydrogens is 286 g/mol. The first-order valence-electron chi connectivity index (χ1n) is 6.79. The standard InChI is InChI=1S/C17H18ClNO2/c1-4-21-17-10(2)9-13(18)11(3)15(17)16(20)12-7-5-6-8-14(12)19/h5-9H,4,19H2,1-3H3. The van der Waals surface area contributed by atoms with Crippen molar-refractivity contribution in [1.82, 2.24) is 0 Å². The zero-order chi connectivity index (χ0) is 15.6. The number of carbonyl (C=O) groups excluding carboxylic acids is 1. The maximum absolute atomic E-state index is 12.9. The number of carbonyl (C=O) groups is 1. The van der Waals surface area contributed by atoms with Gasteiger partial charge in [-0.1, -0.05) is 23.7 Å². The van der Waals surface area contributed by atoms with Crippen LogP contribution in [0.15, 0.2) is 30.3 Å². The molecule has 2 aromatic carbocycles. The average Bonchev–Trinajstić information content (AvgIpc) is 2.45. The van der Waals surface area contributed by atoms with Crippen molar-refractivity contribution in [3.05, 3.63) is 57.6 Å². The van der Waals surface area contributed by atoms with Crippen LogP contribution >= 0.6 is 11.6 Å². The minimum absolute atomic E-state index is 0.167. The number of para-hydroxylation sites is 1. The second kappa shape index (κ2) is 6.19. The summed E-state index contributed by atoms with van der Waals surface area (Å²) in [7, 11) is 0. The number of halogens is 1. The maximum atomic E-state index is 12.9. The monoisotopic (exact) mass is 303 g/mol. The van der Waals surface area contributed by atoms with Crippen molar-refractivity contribution in [3.8, 4) is 5.75 Å². The summed E-state index contributed by atoms with van der Waals surface area (Å²) in [6.07, 6.45) is 0. The smallest absolute Gasteiger partial charge is 0.199 e. The lowest BCUT2D eigenvalue weighted by molar-refractivity contribution is 0.103. The number of benzene rings is 2. The molecule has 0 saturated heterocycles. The predicted octanol–water partition coefficient (Wildman–Crippen LogP) is 4.17. The van der Waals surface area contributed by atoms with Crippen molar-refractivity contribution >= 4 is 23.1 Å². The van der Waals surface area contributed by atoms with Crippen LogP contribution in [0.1, 0.15) is 34.0 Å². The van der Waals surface area contributed by atoms with Crippen LogP contribution < -0.4 is 10.5 Å². The highest BCUT2D eigenvalue weighted by atomic mass is 35.5. The molecule has 0 atom stereocenters. The lowest BCUT2D eigenvalue weighted by Gasteiger charge is -2.17. The molecule has 0 aliphatic carbocycles. The van der Waals surface area contributed by atoms with Gasteiger partial charge in [0.15, 0.2) is 5.78 Å². The fraction of sp³-hybridized carbons (Fsp3) is 0.235. The van der Waals surface area contributed by atoms with E-state index in [2.05, 4.69) is 0 Å². The summed E-state index contributed by atoms with van der Waals surface area (Å²) < 4.78 is 5.67. The van der Waals surface area contributed by atoms with E-state index < -0.39 is 0 Å². The van der Waals surface area contributed by atoms with Gasteiger partial charge >= 0.3 is 0 Å². The highest BCUT2D eigenvalue weighted by Gasteiger charge is 2.22. The number of aryl methyl sites for hydroxylation is 1. The molecule has 110 valence electrons. The molecule has 0 amide bonds. The van der Waals surface area contributed by atoms with Gasteiger partial charge in [0.05, 0.1) is 12.2 Å². The predicted molar refractivity (Wildman–Crippen MR) is 86.4 cm³/mol. The Bertz CT molecular complexity index is 695. The minimum Gasteiger partial charge on any atom is -0.493 e. The van der Waals surface area contributed by atoms with Gasteiger partial charge in [-0.25, -0.2) is 0 Å². The molecule has 0 spiro atoms. The van der Waals surface area contributed by atoms with E-state index in [0.717, 1.165) is 5.56 Å². The van der Waals surface area contributed by atoms with Crippen LogP contribution in [0.3, 0.4) is 0 Å². The third-order valence-electron chi connectivity index (χ3n) is 3.38. The number of hydrogen-bond acceptors (Lipinski definition) is 3. The van der Waals surface area contributed by atoms with Crippen molar-refractivity contribution in [2.75, 3.05) is 12.3 Å². The Morgan fingerprint density at radius 1 is 1.29 bits per heavy atom. The molecule has 4 heteroatoms. The van der Waals surface area contributed by atoms with Gasteiger partial charge < -0.3 is 10.5 Å². The summed E-state index contributed by atoms with van der Waals surface area (Å²) in [5, 5.41) is 0.550. The second-order valence-corrected chi connectivity index (χ2v) is 5.26. The first-order valence-corrected chi connectivity index (χ1v) is 7.16. The molecule has 0 aliphatic rings. The quantitative estimate of drug-likeness (QED) is 0.681. The second-order valence-electron chi connectivity index (χ2n) is 4.85. The molecule has 0 saturated carbocycles. The molecular formula is C17H18ClNO2. The fourth-order valence-corrected chi connectivity index (χ4v) is 2.55. The molecule has 2 aromatic rings. The zero-order valence-electron chi connectivity index (χ0n) is 12.4. The lowest BCUT2D eigenvalue weighted by Crippen LogP contribution is -2.11. The molecule has 0 fully saturated rings. The Morgan fingerprint density at radius 2 is 1.95 bits per heavy atom. The Kier molecular flexibility index (Phi) is 4.53. The summed E-state index contributed by atoms with van der Waals surface area (Å²) in [6.45, 7) is 6.05. The van der Waals surface area contributed by atoms with Crippen LogP contribution in [0.2, 0.25) is 5.02 Å². The van der Waals surface area contributed by atoms with Gasteiger partial charge in [-0.15, -0.1) is 0 Å². The molecule has 3 nitrogen and oxygen atoms in total. The van der Waals surface area contributed by atoms with Gasteiger partial charge in [-0.3, -0.25) is 4.79 Å². The molecule has 21 heavy (non-hydrogen) atoms. The average molecular weight is 304 g/mol. The number of nitrogen functional groups attached to an aromatic ring is 1. The maximum Gasteiger partial charge on any atom is 0.199 e. The number of ketones is 1. The largest absolute Gasteiger partial charge is 0.493 e. The van der Waals surface area contributed by atoms with Crippen LogP contribution in [0.5, 0.6) is 5.75 Å². The van der Waals surface area contributed by atoms with Crippen molar-refractivity contribution < 1.29 is 9.53 Å². The van der Waals surface area contributed by atoms with Crippen LogP contribution in [0, 0.1) is 13.8 Å². The molecule has 0 aromatic heterocycles. The van der Waals surface area contributed by atoms with Crippen LogP contribution in [0.25, 0.3) is 0 Å². The SMILES string of the molecule is CCOc1c(C)cc(Cl)c(C)c1C(=O)c1ccccc1N. The van der Waals surface area contributed by atoms with E-state index in [1.54, 1.807) is 24.3 Å². The number of anilines is 1. The summed E-state index contributed by atoms with van der Waals surface area (Å²) in [6, 6.07) is 8.82. The summed E-state index contributed by atoms with van der Waals surface area (Å²) in [5.41, 5.74) is 8.85. The van der Waals surface area contributed by atoms with Gasteiger partial charge in [0.2, 0.25) is 0 Å². The van der Waals surface area contributed by atoms with Crippen LogP contribution in [-0.4, -0.2) is 12.4 Å². The van der Waals surface area contributed by atoms with Gasteiger partial charge in [-0.2, -0.15) is 0 Å². The fourth-order valence-electron chi connectivity index (χ4n) is 2.29. The normalized spacial score (nSPS) is 10.5. The molecule has 0 radical (unpaired) electrons. The molecule has 0 heterocycles. The van der Waals surface area contributed by atoms with E-state index in [1.165, 1.54) is 0 Å². The molecule has 2 N–H and O–H groups in total. The van der Waals surface area contributed by atoms with Crippen molar-refractivity contribution in [2.45, 2.75) is 20.8 Å². The number of ether oxygens (including phenoxy) is 1. The van der Waals surface area contributed by atoms with E-state index >= 15 is 0 Å². The summed E-state index contributed by atoms with van der Waals surface area (Å²) in [4.78, 5) is 12.9. The van der Waals surface area contributed by atoms with Gasteiger partial charge in [0, 0.05) is 16.3 Å². The van der Waals surface area contributed by atoms with Crippen LogP contribution in [0.4, 0.5) is 5.69 Å². The molecule has 2 rings (SSSR count). The van der Waals surface area contributed by atoms with E-state index in [1.807, 2.05) is 26.8 Å². The lowest BCUT2D eigenvalue weighted by atomic mass is 9.95. The Balaban J connectivity index is 2.67. The third-order valence-corrected chi connectivity index (χ3v) is 3.78. The van der Waals surface area contributed by atoms with Crippen molar-refractivity contribution in [1.29, 1.82) is 0 Å².